The summed E-state index contributed by atoms with van der Waals surface area (Å²) >= 11 is 9.53. The number of benzene rings is 4. The molecular weight excluding hydrogens is 606 g/mol. The summed E-state index contributed by atoms with van der Waals surface area (Å²) in [5, 5.41) is 34.0. The first kappa shape index (κ1) is 28.5. The van der Waals surface area contributed by atoms with Crippen LogP contribution in [0.5, 0.6) is 17.2 Å². The van der Waals surface area contributed by atoms with Crippen LogP contribution >= 0.6 is 27.5 Å². The number of hydrogen-bond acceptors (Lipinski definition) is 6. The summed E-state index contributed by atoms with van der Waals surface area (Å²) in [4.78, 5) is 13.2. The average molecular weight is 631 g/mol. The lowest BCUT2D eigenvalue weighted by atomic mass is 9.92. The molecule has 0 heterocycles. The van der Waals surface area contributed by atoms with Gasteiger partial charge in [-0.2, -0.15) is 0 Å². The number of nitrogens with one attached hydrogen (secondary N) is 1. The van der Waals surface area contributed by atoms with Gasteiger partial charge in [-0.05, 0) is 65.6 Å². The number of carbonyl (C=O) groups excluding carboxylic acids is 1. The van der Waals surface area contributed by atoms with Crippen molar-refractivity contribution in [3.8, 4) is 17.2 Å². The highest BCUT2D eigenvalue weighted by molar-refractivity contribution is 9.10. The Labute approximate surface area is 239 Å². The molecule has 0 unspecified atom stereocenters. The van der Waals surface area contributed by atoms with Crippen LogP contribution in [0.4, 0.5) is 5.69 Å². The molecule has 1 amide bonds. The van der Waals surface area contributed by atoms with Crippen LogP contribution in [-0.2, 0) is 16.3 Å². The van der Waals surface area contributed by atoms with Crippen molar-refractivity contribution in [1.29, 1.82) is 0 Å². The lowest BCUT2D eigenvalue weighted by Crippen LogP contribution is -2.14. The van der Waals surface area contributed by atoms with Crippen LogP contribution in [0.2, 0.25) is 5.02 Å². The molecule has 0 spiro atoms. The summed E-state index contributed by atoms with van der Waals surface area (Å²) in [7, 11) is -3.92. The molecule has 4 N–H and O–H groups in total. The Hall–Kier alpha value is -3.53. The van der Waals surface area contributed by atoms with Crippen LogP contribution in [0.1, 0.15) is 46.8 Å². The van der Waals surface area contributed by atoms with Crippen molar-refractivity contribution in [3.63, 3.8) is 0 Å². The maximum Gasteiger partial charge on any atom is 0.259 e. The number of anilines is 1. The van der Waals surface area contributed by atoms with Gasteiger partial charge in [0.1, 0.15) is 0 Å². The van der Waals surface area contributed by atoms with Crippen molar-refractivity contribution in [3.05, 3.63) is 105 Å². The third kappa shape index (κ3) is 5.90. The van der Waals surface area contributed by atoms with E-state index in [2.05, 4.69) is 21.2 Å². The van der Waals surface area contributed by atoms with Crippen LogP contribution in [0, 0.1) is 0 Å². The average Bonchev–Trinajstić information content (AvgIpc) is 2.90. The molecule has 4 aromatic rings. The zero-order valence-electron chi connectivity index (χ0n) is 20.9. The zero-order valence-corrected chi connectivity index (χ0v) is 24.1. The zero-order chi connectivity index (χ0) is 28.5. The Bertz CT molecular complexity index is 1670. The Morgan fingerprint density at radius 3 is 2.18 bits per heavy atom. The fourth-order valence-corrected chi connectivity index (χ4v) is 5.90. The second-order valence-corrected chi connectivity index (χ2v) is 12.5. The van der Waals surface area contributed by atoms with Crippen molar-refractivity contribution in [2.45, 2.75) is 36.0 Å². The maximum absolute atomic E-state index is 13.2. The van der Waals surface area contributed by atoms with E-state index in [9.17, 15) is 28.5 Å². The molecule has 10 heteroatoms. The highest BCUT2D eigenvalue weighted by atomic mass is 79.9. The molecule has 202 valence electrons. The molecule has 0 atom stereocenters. The van der Waals surface area contributed by atoms with E-state index in [4.69, 9.17) is 11.6 Å². The van der Waals surface area contributed by atoms with E-state index in [1.54, 1.807) is 12.1 Å². The van der Waals surface area contributed by atoms with Gasteiger partial charge in [-0.25, -0.2) is 8.42 Å². The molecule has 0 aliphatic rings. The number of aromatic hydroxyl groups is 3. The fourth-order valence-electron chi connectivity index (χ4n) is 4.18. The van der Waals surface area contributed by atoms with E-state index in [-0.39, 0.29) is 44.0 Å². The number of halogens is 2. The molecule has 0 radical (unpaired) electrons. The molecule has 4 aromatic carbocycles. The van der Waals surface area contributed by atoms with E-state index < -0.39 is 33.0 Å². The number of hydrogen-bond donors (Lipinski definition) is 4. The van der Waals surface area contributed by atoms with Gasteiger partial charge < -0.3 is 20.6 Å². The predicted octanol–water partition coefficient (Wildman–Crippen LogP) is 7.02. The number of sulfone groups is 1. The highest BCUT2D eigenvalue weighted by Gasteiger charge is 2.24. The predicted molar refractivity (Wildman–Crippen MR) is 154 cm³/mol. The molecule has 0 fully saturated rings. The first-order valence-electron chi connectivity index (χ1n) is 11.9. The van der Waals surface area contributed by atoms with Gasteiger partial charge in [-0.15, -0.1) is 0 Å². The molecule has 0 aliphatic heterocycles. The Morgan fingerprint density at radius 2 is 1.51 bits per heavy atom. The molecule has 0 bridgehead atoms. The molecule has 0 aliphatic carbocycles. The maximum atomic E-state index is 13.2. The van der Waals surface area contributed by atoms with Crippen molar-refractivity contribution in [2.24, 2.45) is 0 Å². The van der Waals surface area contributed by atoms with Gasteiger partial charge in [0, 0.05) is 16.5 Å². The first-order valence-corrected chi connectivity index (χ1v) is 14.5. The normalized spacial score (nSPS) is 11.5. The minimum absolute atomic E-state index is 0.0153. The van der Waals surface area contributed by atoms with E-state index >= 15 is 0 Å². The molecule has 4 rings (SSSR count). The van der Waals surface area contributed by atoms with Crippen LogP contribution < -0.4 is 5.32 Å². The van der Waals surface area contributed by atoms with Crippen molar-refractivity contribution < 1.29 is 28.5 Å². The summed E-state index contributed by atoms with van der Waals surface area (Å²) < 4.78 is 27.0. The third-order valence-corrected chi connectivity index (χ3v) is 8.87. The molecule has 39 heavy (non-hydrogen) atoms. The minimum Gasteiger partial charge on any atom is -0.504 e. The number of amides is 1. The number of carbonyl (C=O) groups is 1. The lowest BCUT2D eigenvalue weighted by molar-refractivity contribution is 0.102. The van der Waals surface area contributed by atoms with Gasteiger partial charge in [-0.1, -0.05) is 65.6 Å². The van der Waals surface area contributed by atoms with Crippen molar-refractivity contribution in [2.75, 3.05) is 5.32 Å². The van der Waals surface area contributed by atoms with E-state index in [1.807, 2.05) is 38.1 Å². The number of rotatable bonds is 7. The number of phenols is 3. The second kappa shape index (κ2) is 11.3. The van der Waals surface area contributed by atoms with Gasteiger partial charge >= 0.3 is 0 Å². The van der Waals surface area contributed by atoms with E-state index in [0.29, 0.717) is 0 Å². The van der Waals surface area contributed by atoms with Crippen LogP contribution in [0.25, 0.3) is 0 Å². The Balaban J connectivity index is 1.69. The van der Waals surface area contributed by atoms with Crippen LogP contribution in [0.15, 0.2) is 87.1 Å². The molecule has 7 nitrogen and oxygen atoms in total. The summed E-state index contributed by atoms with van der Waals surface area (Å²) in [6.07, 6.45) is 0.190. The molecular formula is C29H25BrClNO6S. The van der Waals surface area contributed by atoms with Gasteiger partial charge in [0.05, 0.1) is 26.1 Å². The van der Waals surface area contributed by atoms with E-state index in [1.165, 1.54) is 36.4 Å². The standard InChI is InChI=1S/C29H25BrClNO6S/c1-16(2)22-6-4-3-5-17(22)13-18-14-23(27(34)28(35)26(18)33)29(36)32-25-15-21(11-12-24(25)31)39(37,38)20-9-7-19(30)8-10-20/h3-12,14-16,33-35H,13H2,1-2H3,(H,32,36). The monoisotopic (exact) mass is 629 g/mol. The molecule has 0 saturated carbocycles. The molecule has 0 aromatic heterocycles. The van der Waals surface area contributed by atoms with Crippen molar-refractivity contribution in [1.82, 2.24) is 0 Å². The fraction of sp³-hybridized carbons (Fsp3) is 0.138. The Morgan fingerprint density at radius 1 is 0.872 bits per heavy atom. The second-order valence-electron chi connectivity index (χ2n) is 9.21. The SMILES string of the molecule is CC(C)c1ccccc1Cc1cc(C(=O)Nc2cc(S(=O)(=O)c3ccc(Br)cc3)ccc2Cl)c(O)c(O)c1O. The first-order chi connectivity index (χ1) is 18.4. The van der Waals surface area contributed by atoms with Gasteiger partial charge in [0.25, 0.3) is 5.91 Å². The van der Waals surface area contributed by atoms with Gasteiger partial charge in [0.15, 0.2) is 11.5 Å². The topological polar surface area (TPSA) is 124 Å². The highest BCUT2D eigenvalue weighted by Crippen LogP contribution is 2.42. The van der Waals surface area contributed by atoms with Gasteiger partial charge in [0.2, 0.25) is 15.6 Å². The smallest absolute Gasteiger partial charge is 0.259 e. The van der Waals surface area contributed by atoms with E-state index in [0.717, 1.165) is 15.6 Å². The lowest BCUT2D eigenvalue weighted by Gasteiger charge is -2.16. The minimum atomic E-state index is -3.92. The largest absolute Gasteiger partial charge is 0.504 e. The van der Waals surface area contributed by atoms with Crippen molar-refractivity contribution >= 4 is 49.0 Å². The summed E-state index contributed by atoms with van der Waals surface area (Å²) in [6.45, 7) is 4.06. The van der Waals surface area contributed by atoms with Crippen LogP contribution in [-0.4, -0.2) is 29.6 Å². The summed E-state index contributed by atoms with van der Waals surface area (Å²) in [5.74, 6) is -2.86. The quantitative estimate of drug-likeness (QED) is 0.163. The van der Waals surface area contributed by atoms with Crippen LogP contribution in [0.3, 0.4) is 0 Å². The number of phenolic OH excluding ortho intramolecular Hbond substituents is 3. The van der Waals surface area contributed by atoms with Gasteiger partial charge in [-0.3, -0.25) is 4.79 Å². The molecule has 0 saturated heterocycles. The Kier molecular flexibility index (Phi) is 8.25. The summed E-state index contributed by atoms with van der Waals surface area (Å²) in [6, 6.07) is 18.9. The third-order valence-electron chi connectivity index (χ3n) is 6.25. The summed E-state index contributed by atoms with van der Waals surface area (Å²) in [5.41, 5.74) is 1.80.